The molecule has 0 radical (unpaired) electrons. The normalized spacial score (nSPS) is 10.6. The van der Waals surface area contributed by atoms with Crippen LogP contribution in [0.4, 0.5) is 0 Å². The molecule has 2 rings (SSSR count). The third kappa shape index (κ3) is 3.70. The van der Waals surface area contributed by atoms with Crippen molar-refractivity contribution in [2.24, 2.45) is 0 Å². The molecule has 0 atom stereocenters. The van der Waals surface area contributed by atoms with Gasteiger partial charge in [0.05, 0.1) is 22.3 Å². The number of aromatic nitrogens is 1. The molecule has 2 aromatic rings. The van der Waals surface area contributed by atoms with E-state index in [-0.39, 0.29) is 35.1 Å². The molecule has 1 N–H and O–H groups in total. The maximum atomic E-state index is 12.4. The lowest BCUT2D eigenvalue weighted by atomic mass is 10.0. The van der Waals surface area contributed by atoms with Crippen LogP contribution in [0.25, 0.3) is 11.3 Å². The highest BCUT2D eigenvalue weighted by Crippen LogP contribution is 2.30. The second-order valence-electron chi connectivity index (χ2n) is 5.02. The summed E-state index contributed by atoms with van der Waals surface area (Å²) < 4.78 is 6.32. The van der Waals surface area contributed by atoms with Gasteiger partial charge in [-0.05, 0) is 26.0 Å². The van der Waals surface area contributed by atoms with E-state index in [1.165, 1.54) is 16.7 Å². The molecule has 0 spiro atoms. The fraction of sp³-hybridized carbons (Fsp3) is 0.235. The van der Waals surface area contributed by atoms with Crippen LogP contribution in [0.3, 0.4) is 0 Å². The lowest BCUT2D eigenvalue weighted by Gasteiger charge is -2.18. The topological polar surface area (TPSA) is 85.6 Å². The number of carbonyl (C=O) groups excluding carboxylic acids is 1. The Morgan fingerprint density at radius 1 is 1.16 bits per heavy atom. The van der Waals surface area contributed by atoms with Crippen LogP contribution in [0.2, 0.25) is 10.0 Å². The highest BCUT2D eigenvalue weighted by atomic mass is 35.5. The summed E-state index contributed by atoms with van der Waals surface area (Å²) in [6.45, 7) is 3.60. The predicted molar refractivity (Wildman–Crippen MR) is 94.7 cm³/mol. The van der Waals surface area contributed by atoms with Crippen molar-refractivity contribution < 1.29 is 19.4 Å². The summed E-state index contributed by atoms with van der Waals surface area (Å²) in [5.41, 5.74) is -0.695. The van der Waals surface area contributed by atoms with E-state index in [4.69, 9.17) is 27.9 Å². The Bertz CT molecular complexity index is 905. The number of halogens is 2. The van der Waals surface area contributed by atoms with E-state index >= 15 is 0 Å². The summed E-state index contributed by atoms with van der Waals surface area (Å²) >= 11 is 12.0. The van der Waals surface area contributed by atoms with Crippen molar-refractivity contribution in [3.8, 4) is 11.3 Å². The smallest absolute Gasteiger partial charge is 0.352 e. The van der Waals surface area contributed by atoms with Gasteiger partial charge in [-0.15, -0.1) is 0 Å². The maximum Gasteiger partial charge on any atom is 0.352 e. The van der Waals surface area contributed by atoms with Gasteiger partial charge in [0.2, 0.25) is 0 Å². The zero-order valence-corrected chi connectivity index (χ0v) is 15.0. The molecular weight excluding hydrogens is 369 g/mol. The molecule has 0 bridgehead atoms. The second kappa shape index (κ2) is 7.72. The summed E-state index contributed by atoms with van der Waals surface area (Å²) in [4.78, 5) is 36.3. The van der Waals surface area contributed by atoms with Crippen LogP contribution < -0.4 is 5.43 Å². The summed E-state index contributed by atoms with van der Waals surface area (Å²) in [6.07, 6.45) is 0. The van der Waals surface area contributed by atoms with Crippen LogP contribution in [0.15, 0.2) is 29.1 Å². The molecule has 1 aromatic heterocycles. The van der Waals surface area contributed by atoms with Gasteiger partial charge in [0.25, 0.3) is 0 Å². The summed E-state index contributed by atoms with van der Waals surface area (Å²) in [5.74, 6) is -2.11. The Morgan fingerprint density at radius 3 is 2.36 bits per heavy atom. The van der Waals surface area contributed by atoms with Gasteiger partial charge in [0.1, 0.15) is 11.3 Å². The first kappa shape index (κ1) is 19.0. The average molecular weight is 384 g/mol. The molecule has 0 saturated heterocycles. The molecule has 0 aliphatic rings. The Balaban J connectivity index is 2.93. The maximum absolute atomic E-state index is 12.4. The summed E-state index contributed by atoms with van der Waals surface area (Å²) in [5, 5.41) is 9.91. The van der Waals surface area contributed by atoms with Crippen LogP contribution >= 0.6 is 23.2 Å². The van der Waals surface area contributed by atoms with Crippen molar-refractivity contribution >= 4 is 35.1 Å². The molecule has 1 heterocycles. The minimum Gasteiger partial charge on any atom is -0.477 e. The zero-order valence-electron chi connectivity index (χ0n) is 13.5. The number of ether oxygens (including phenoxy) is 1. The molecule has 0 saturated carbocycles. The molecule has 1 aromatic carbocycles. The van der Waals surface area contributed by atoms with Gasteiger partial charge in [0, 0.05) is 18.2 Å². The highest BCUT2D eigenvalue weighted by molar-refractivity contribution is 6.42. The molecule has 0 aliphatic heterocycles. The Labute approximate surface area is 153 Å². The van der Waals surface area contributed by atoms with Gasteiger partial charge >= 0.3 is 11.9 Å². The number of carboxylic acid groups (broad SMARTS) is 1. The zero-order chi connectivity index (χ0) is 18.7. The molecule has 6 nitrogen and oxygen atoms in total. The molecular formula is C17H15Cl2NO5. The predicted octanol–water partition coefficient (Wildman–Crippen LogP) is 3.72. The van der Waals surface area contributed by atoms with E-state index in [1.54, 1.807) is 19.9 Å². The SMILES string of the molecule is CCOC(=O)c1c(-c2ccc(Cl)c(Cl)c2)n(CC)c(C(=O)O)cc1=O. The quantitative estimate of drug-likeness (QED) is 0.795. The van der Waals surface area contributed by atoms with E-state index in [2.05, 4.69) is 0 Å². The largest absolute Gasteiger partial charge is 0.477 e. The van der Waals surface area contributed by atoms with Crippen LogP contribution in [0, 0.1) is 0 Å². The minimum absolute atomic E-state index is 0.0753. The first-order chi connectivity index (χ1) is 11.8. The van der Waals surface area contributed by atoms with E-state index in [0.717, 1.165) is 6.07 Å². The van der Waals surface area contributed by atoms with Crippen LogP contribution in [0.1, 0.15) is 34.7 Å². The molecule has 0 fully saturated rings. The first-order valence-corrected chi connectivity index (χ1v) is 8.21. The lowest BCUT2D eigenvalue weighted by molar-refractivity contribution is 0.0522. The standard InChI is InChI=1S/C17H15Cl2NO5/c1-3-20-12(16(22)23)8-13(21)14(17(24)25-4-2)15(20)9-5-6-10(18)11(19)7-9/h5-8H,3-4H2,1-2H3,(H,22,23). The van der Waals surface area contributed by atoms with Gasteiger partial charge in [-0.3, -0.25) is 4.79 Å². The van der Waals surface area contributed by atoms with Crippen molar-refractivity contribution in [1.29, 1.82) is 0 Å². The Kier molecular flexibility index (Phi) is 5.87. The number of carboxylic acids is 1. The first-order valence-electron chi connectivity index (χ1n) is 7.45. The average Bonchev–Trinajstić information content (AvgIpc) is 2.56. The lowest BCUT2D eigenvalue weighted by Crippen LogP contribution is -2.26. The molecule has 0 aliphatic carbocycles. The third-order valence-electron chi connectivity index (χ3n) is 3.52. The molecule has 132 valence electrons. The Hall–Kier alpha value is -2.31. The second-order valence-corrected chi connectivity index (χ2v) is 5.83. The van der Waals surface area contributed by atoms with Gasteiger partial charge in [0.15, 0.2) is 5.43 Å². The molecule has 0 amide bonds. The number of esters is 1. The summed E-state index contributed by atoms with van der Waals surface area (Å²) in [7, 11) is 0. The number of pyridine rings is 1. The van der Waals surface area contributed by atoms with Crippen LogP contribution in [-0.4, -0.2) is 28.2 Å². The van der Waals surface area contributed by atoms with Crippen molar-refractivity contribution in [1.82, 2.24) is 4.57 Å². The number of carbonyl (C=O) groups is 2. The number of nitrogens with zero attached hydrogens (tertiary/aromatic N) is 1. The fourth-order valence-electron chi connectivity index (χ4n) is 2.50. The fourth-order valence-corrected chi connectivity index (χ4v) is 2.79. The van der Waals surface area contributed by atoms with Gasteiger partial charge in [-0.25, -0.2) is 9.59 Å². The van der Waals surface area contributed by atoms with E-state index in [0.29, 0.717) is 10.6 Å². The van der Waals surface area contributed by atoms with Gasteiger partial charge < -0.3 is 14.4 Å². The van der Waals surface area contributed by atoms with Crippen molar-refractivity contribution in [3.05, 3.63) is 55.8 Å². The van der Waals surface area contributed by atoms with E-state index in [1.807, 2.05) is 0 Å². The minimum atomic E-state index is -1.28. The Morgan fingerprint density at radius 2 is 1.84 bits per heavy atom. The van der Waals surface area contributed by atoms with Crippen molar-refractivity contribution in [2.45, 2.75) is 20.4 Å². The highest BCUT2D eigenvalue weighted by Gasteiger charge is 2.25. The van der Waals surface area contributed by atoms with E-state index in [9.17, 15) is 19.5 Å². The van der Waals surface area contributed by atoms with Crippen molar-refractivity contribution in [3.63, 3.8) is 0 Å². The summed E-state index contributed by atoms with van der Waals surface area (Å²) in [6, 6.07) is 5.45. The monoisotopic (exact) mass is 383 g/mol. The van der Waals surface area contributed by atoms with Crippen LogP contribution in [-0.2, 0) is 11.3 Å². The molecule has 0 unspecified atom stereocenters. The van der Waals surface area contributed by atoms with Crippen LogP contribution in [0.5, 0.6) is 0 Å². The third-order valence-corrected chi connectivity index (χ3v) is 4.26. The molecule has 25 heavy (non-hydrogen) atoms. The molecule has 8 heteroatoms. The van der Waals surface area contributed by atoms with Crippen molar-refractivity contribution in [2.75, 3.05) is 6.61 Å². The number of aromatic carboxylic acids is 1. The number of benzene rings is 1. The van der Waals surface area contributed by atoms with Gasteiger partial charge in [-0.1, -0.05) is 29.3 Å². The number of hydrogen-bond donors (Lipinski definition) is 1. The number of hydrogen-bond acceptors (Lipinski definition) is 4. The van der Waals surface area contributed by atoms with Gasteiger partial charge in [-0.2, -0.15) is 0 Å². The van der Waals surface area contributed by atoms with E-state index < -0.39 is 17.4 Å². The number of rotatable bonds is 5.